The fraction of sp³-hybridized carbons (Fsp3) is 0.291. The molecule has 0 radical (unpaired) electrons. The van der Waals surface area contributed by atoms with Gasteiger partial charge in [-0.15, -0.1) is 6.58 Å². The van der Waals surface area contributed by atoms with Crippen LogP contribution >= 0.6 is 0 Å². The molecule has 0 spiro atoms. The molecule has 7 nitrogen and oxygen atoms in total. The van der Waals surface area contributed by atoms with E-state index in [1.807, 2.05) is 11.8 Å². The molecular formula is C79H105N3O4Si8. The molecule has 2 heterocycles. The van der Waals surface area contributed by atoms with Gasteiger partial charge < -0.3 is 21.4 Å². The number of aromatic nitrogens is 2. The fourth-order valence-electron chi connectivity index (χ4n) is 12.8. The number of aryl methyl sites for hydroxylation is 4. The summed E-state index contributed by atoms with van der Waals surface area (Å²) in [7, 11) is -14.8. The van der Waals surface area contributed by atoms with Crippen LogP contribution in [-0.4, -0.2) is 82.9 Å². The summed E-state index contributed by atoms with van der Waals surface area (Å²) in [6, 6.07) is 76.2. The first-order valence-corrected chi connectivity index (χ1v) is 57.2. The van der Waals surface area contributed by atoms with Crippen LogP contribution in [0.1, 0.15) is 45.4 Å². The fourth-order valence-corrected chi connectivity index (χ4v) is 45.3. The number of nitrogens with zero attached hydrogens (tertiary/aromatic N) is 2. The van der Waals surface area contributed by atoms with Crippen LogP contribution in [0, 0.1) is 27.7 Å². The summed E-state index contributed by atoms with van der Waals surface area (Å²) in [4.78, 5) is 13.8. The number of allylic oxidation sites excluding steroid dienone is 1. The SMILES string of the molecule is C=C[Si](C)(C)O[Si](C)(C)O[Si](C)(C)c1cc(C)cc(C)c1.C[SiH](C)c1ccc(C2=NC(c3ccccc3)=C(c3ccccc3)C2)cc1.Cc1cc(C)cc([Si](C)(C)O[Si](C)(C)O[Si](C)(C)CC[Si](C)(C)c2ccc(-c3nc(-c4ccccc4)c(-c4ccccc4)[nH]3)cc2)c1. The highest BCUT2D eigenvalue weighted by molar-refractivity contribution is 6.95. The molecule has 0 atom stereocenters. The Balaban J connectivity index is 0.000000202. The number of rotatable bonds is 22. The van der Waals surface area contributed by atoms with Gasteiger partial charge in [-0.25, -0.2) is 4.98 Å². The van der Waals surface area contributed by atoms with Crippen molar-refractivity contribution in [1.82, 2.24) is 9.97 Å². The van der Waals surface area contributed by atoms with Crippen molar-refractivity contribution in [3.05, 3.63) is 257 Å². The molecule has 0 bridgehead atoms. The Bertz CT molecular complexity index is 3950. The average Bonchev–Trinajstić information content (AvgIpc) is 1.58. The Morgan fingerprint density at radius 1 is 0.447 bits per heavy atom. The number of aliphatic imine (C=N–C) groups is 1. The van der Waals surface area contributed by atoms with Gasteiger partial charge in [0.25, 0.3) is 0 Å². The Morgan fingerprint density at radius 2 is 0.872 bits per heavy atom. The van der Waals surface area contributed by atoms with Crippen LogP contribution in [0.15, 0.2) is 224 Å². The topological polar surface area (TPSA) is 78.0 Å². The molecule has 0 saturated heterocycles. The van der Waals surface area contributed by atoms with E-state index in [0.717, 1.165) is 52.1 Å². The van der Waals surface area contributed by atoms with Gasteiger partial charge in [0.15, 0.2) is 16.6 Å². The second-order valence-corrected chi connectivity index (χ2v) is 61.1. The summed E-state index contributed by atoms with van der Waals surface area (Å²) in [5.41, 5.74) is 19.8. The third-order valence-corrected chi connectivity index (χ3v) is 45.1. The molecule has 0 fully saturated rings. The number of hydrogen-bond acceptors (Lipinski definition) is 6. The number of benzene rings is 8. The maximum atomic E-state index is 7.04. The Kier molecular flexibility index (Phi) is 24.1. The van der Waals surface area contributed by atoms with Gasteiger partial charge in [0.05, 0.1) is 39.7 Å². The average molecular weight is 1390 g/mol. The first kappa shape index (κ1) is 73.5. The summed E-state index contributed by atoms with van der Waals surface area (Å²) in [6.07, 6.45) is 0.882. The van der Waals surface area contributed by atoms with Crippen LogP contribution in [0.4, 0.5) is 0 Å². The van der Waals surface area contributed by atoms with E-state index in [9.17, 15) is 0 Å². The van der Waals surface area contributed by atoms with Gasteiger partial charge in [0.2, 0.25) is 16.6 Å². The number of imidazole rings is 1. The molecule has 1 N–H and O–H groups in total. The van der Waals surface area contributed by atoms with E-state index in [4.69, 9.17) is 26.4 Å². The lowest BCUT2D eigenvalue weighted by Gasteiger charge is -2.39. The van der Waals surface area contributed by atoms with Gasteiger partial charge >= 0.3 is 17.1 Å². The minimum Gasteiger partial charge on any atom is -0.437 e. The van der Waals surface area contributed by atoms with Gasteiger partial charge in [-0.2, -0.15) is 0 Å². The van der Waals surface area contributed by atoms with E-state index < -0.39 is 67.3 Å². The predicted octanol–water partition coefficient (Wildman–Crippen LogP) is 19.5. The van der Waals surface area contributed by atoms with Crippen molar-refractivity contribution in [2.24, 2.45) is 4.99 Å². The van der Waals surface area contributed by atoms with E-state index in [-0.39, 0.29) is 0 Å². The minimum atomic E-state index is -2.34. The van der Waals surface area contributed by atoms with E-state index in [1.54, 1.807) is 0 Å². The first-order valence-electron chi connectivity index (χ1n) is 33.6. The standard InChI is InChI=1S/C39H52N2O2Si4.C24H23NSi.C16H30O2Si3/c1-30-27-31(2)29-36(28-30)46(7,8)43-47(9,10)42-45(5,6)26-25-44(3,4)35-23-21-34(22-24-35)39-40-37(32-17-13-11-14-18-32)38(41-39)33-19-15-12-16-20-33;1-26(2)21-15-13-19(14-16-21)23-17-22(18-9-5-3-6-10-18)24(25-23)20-11-7-4-8-12-20;1-10-19(4,5)17-21(8,9)18-20(6,7)16-12-14(2)11-15(3)13-16/h11-24,27-29H,25-26H2,1-10H3,(H,40,41);3-16,26H,17H2,1-2H3;10-13H,1H2,2-9H3. The lowest BCUT2D eigenvalue weighted by Crippen LogP contribution is -2.57. The highest BCUT2D eigenvalue weighted by Gasteiger charge is 2.42. The highest BCUT2D eigenvalue weighted by atomic mass is 28.5. The lowest BCUT2D eigenvalue weighted by molar-refractivity contribution is 0.394. The Labute approximate surface area is 574 Å². The first-order chi connectivity index (χ1) is 44.1. The molecule has 492 valence electrons. The van der Waals surface area contributed by atoms with Gasteiger partial charge in [-0.1, -0.05) is 277 Å². The van der Waals surface area contributed by atoms with Crippen molar-refractivity contribution in [2.75, 3.05) is 0 Å². The van der Waals surface area contributed by atoms with E-state index in [2.05, 4.69) is 344 Å². The van der Waals surface area contributed by atoms with Gasteiger partial charge in [0, 0.05) is 28.7 Å². The number of aromatic amines is 1. The van der Waals surface area contributed by atoms with Crippen LogP contribution in [0.3, 0.4) is 0 Å². The van der Waals surface area contributed by atoms with Crippen LogP contribution in [0.2, 0.25) is 117 Å². The highest BCUT2D eigenvalue weighted by Crippen LogP contribution is 2.38. The normalized spacial score (nSPS) is 13.3. The van der Waals surface area contributed by atoms with Crippen molar-refractivity contribution in [1.29, 1.82) is 0 Å². The summed E-state index contributed by atoms with van der Waals surface area (Å²) < 4.78 is 27.0. The molecule has 0 saturated carbocycles. The molecule has 10 rings (SSSR count). The molecule has 94 heavy (non-hydrogen) atoms. The molecule has 8 aromatic carbocycles. The zero-order valence-corrected chi connectivity index (χ0v) is 68.3. The lowest BCUT2D eigenvalue weighted by atomic mass is 9.96. The zero-order chi connectivity index (χ0) is 68.4. The number of H-pyrrole nitrogens is 1. The molecule has 0 amide bonds. The van der Waals surface area contributed by atoms with Crippen LogP contribution in [-0.2, 0) is 16.5 Å². The predicted molar refractivity (Wildman–Crippen MR) is 428 cm³/mol. The third-order valence-electron chi connectivity index (χ3n) is 17.4. The molecule has 1 aliphatic rings. The molecule has 1 aromatic heterocycles. The van der Waals surface area contributed by atoms with Crippen molar-refractivity contribution >= 4 is 105 Å². The Morgan fingerprint density at radius 3 is 1.33 bits per heavy atom. The molecule has 9 aromatic rings. The van der Waals surface area contributed by atoms with E-state index in [1.165, 1.54) is 77.0 Å². The van der Waals surface area contributed by atoms with E-state index >= 15 is 0 Å². The summed E-state index contributed by atoms with van der Waals surface area (Å²) in [5, 5.41) is 5.69. The summed E-state index contributed by atoms with van der Waals surface area (Å²) in [6.45, 7) is 49.4. The van der Waals surface area contributed by atoms with Crippen molar-refractivity contribution < 1.29 is 16.5 Å². The third kappa shape index (κ3) is 20.4. The molecular weight excluding hydrogens is 1280 g/mol. The molecule has 15 heteroatoms. The van der Waals surface area contributed by atoms with Gasteiger partial charge in [-0.3, -0.25) is 4.99 Å². The summed E-state index contributed by atoms with van der Waals surface area (Å²) >= 11 is 0. The zero-order valence-electron chi connectivity index (χ0n) is 60.1. The van der Waals surface area contributed by atoms with E-state index in [0.29, 0.717) is 0 Å². The Hall–Kier alpha value is -6.30. The van der Waals surface area contributed by atoms with Crippen LogP contribution < -0.4 is 20.7 Å². The van der Waals surface area contributed by atoms with Crippen LogP contribution in [0.25, 0.3) is 45.2 Å². The van der Waals surface area contributed by atoms with Crippen LogP contribution in [0.5, 0.6) is 0 Å². The second kappa shape index (κ2) is 30.8. The molecule has 1 aliphatic heterocycles. The van der Waals surface area contributed by atoms with Crippen molar-refractivity contribution in [2.45, 2.75) is 151 Å². The monoisotopic (exact) mass is 1380 g/mol. The maximum absolute atomic E-state index is 7.04. The number of hydrogen-bond donors (Lipinski definition) is 1. The molecule has 0 aliphatic carbocycles. The number of nitrogens with one attached hydrogen (secondary N) is 1. The maximum Gasteiger partial charge on any atom is 0.311 e. The summed E-state index contributed by atoms with van der Waals surface area (Å²) in [5.74, 6) is 0.898. The second-order valence-electron chi connectivity index (χ2n) is 29.6. The van der Waals surface area contributed by atoms with Crippen molar-refractivity contribution in [3.63, 3.8) is 0 Å². The minimum absolute atomic E-state index is 0.756. The van der Waals surface area contributed by atoms with Crippen molar-refractivity contribution in [3.8, 4) is 33.9 Å². The van der Waals surface area contributed by atoms with Gasteiger partial charge in [0.1, 0.15) is 5.82 Å². The molecule has 0 unspecified atom stereocenters. The van der Waals surface area contributed by atoms with Gasteiger partial charge in [-0.05, 0) is 139 Å². The largest absolute Gasteiger partial charge is 0.437 e. The quantitative estimate of drug-likeness (QED) is 0.0684. The smallest absolute Gasteiger partial charge is 0.311 e.